The predicted octanol–water partition coefficient (Wildman–Crippen LogP) is 17.1. The molecule has 2 nitrogen and oxygen atoms in total. The Bertz CT molecular complexity index is 3730. The highest BCUT2D eigenvalue weighted by atomic mass is 16.3. The van der Waals surface area contributed by atoms with E-state index in [4.69, 9.17) is 4.42 Å². The SMILES string of the molecule is c1ccc(C2(c3ccccc3)c3ccccc3-c3ccc(N(c4ccc(-c5ccc6ccccc6c5)cc4)c4ccccc4-c4ccc5c(ccc6c7ccccc7oc56)c4)cc32)cc1. The molecule has 13 rings (SSSR count). The molecular formula is C63H41NO. The van der Waals surface area contributed by atoms with Crippen LogP contribution in [0.3, 0.4) is 0 Å². The minimum Gasteiger partial charge on any atom is -0.455 e. The van der Waals surface area contributed by atoms with Crippen LogP contribution in [0.25, 0.3) is 76.9 Å². The first-order chi connectivity index (χ1) is 32.2. The molecule has 0 radical (unpaired) electrons. The molecular weight excluding hydrogens is 787 g/mol. The van der Waals surface area contributed by atoms with Gasteiger partial charge in [-0.05, 0) is 127 Å². The molecule has 0 unspecified atom stereocenters. The number of hydrogen-bond acceptors (Lipinski definition) is 2. The van der Waals surface area contributed by atoms with Crippen LogP contribution in [-0.2, 0) is 5.41 Å². The summed E-state index contributed by atoms with van der Waals surface area (Å²) in [5, 5.41) is 7.01. The Morgan fingerprint density at radius 1 is 0.323 bits per heavy atom. The first-order valence-corrected chi connectivity index (χ1v) is 22.4. The number of hydrogen-bond donors (Lipinski definition) is 0. The summed E-state index contributed by atoms with van der Waals surface area (Å²) in [7, 11) is 0. The summed E-state index contributed by atoms with van der Waals surface area (Å²) in [5.41, 5.74) is 16.8. The zero-order chi connectivity index (χ0) is 42.9. The van der Waals surface area contributed by atoms with Crippen LogP contribution in [0, 0.1) is 0 Å². The Morgan fingerprint density at radius 2 is 0.908 bits per heavy atom. The van der Waals surface area contributed by atoms with Crippen LogP contribution in [0.1, 0.15) is 22.3 Å². The van der Waals surface area contributed by atoms with E-state index >= 15 is 0 Å². The monoisotopic (exact) mass is 827 g/mol. The fraction of sp³-hybridized carbons (Fsp3) is 0.0159. The Kier molecular flexibility index (Phi) is 8.47. The summed E-state index contributed by atoms with van der Waals surface area (Å²) in [5.74, 6) is 0. The number of nitrogens with zero attached hydrogens (tertiary/aromatic N) is 1. The quantitative estimate of drug-likeness (QED) is 0.159. The molecule has 0 fully saturated rings. The van der Waals surface area contributed by atoms with Crippen molar-refractivity contribution in [3.63, 3.8) is 0 Å². The average Bonchev–Trinajstić information content (AvgIpc) is 3.91. The zero-order valence-corrected chi connectivity index (χ0v) is 35.5. The van der Waals surface area contributed by atoms with E-state index < -0.39 is 5.41 Å². The van der Waals surface area contributed by atoms with Crippen molar-refractivity contribution in [2.75, 3.05) is 4.90 Å². The average molecular weight is 828 g/mol. The van der Waals surface area contributed by atoms with Crippen LogP contribution < -0.4 is 4.90 Å². The fourth-order valence-corrected chi connectivity index (χ4v) is 10.8. The second-order valence-electron chi connectivity index (χ2n) is 17.2. The van der Waals surface area contributed by atoms with Crippen molar-refractivity contribution in [2.24, 2.45) is 0 Å². The fourth-order valence-electron chi connectivity index (χ4n) is 10.8. The lowest BCUT2D eigenvalue weighted by molar-refractivity contribution is 0.672. The van der Waals surface area contributed by atoms with E-state index in [1.165, 1.54) is 55.3 Å². The minimum atomic E-state index is -0.532. The maximum absolute atomic E-state index is 6.48. The van der Waals surface area contributed by atoms with Gasteiger partial charge in [0.25, 0.3) is 0 Å². The summed E-state index contributed by atoms with van der Waals surface area (Å²) < 4.78 is 6.48. The molecule has 0 saturated heterocycles. The minimum absolute atomic E-state index is 0.532. The van der Waals surface area contributed by atoms with E-state index in [0.29, 0.717) is 0 Å². The van der Waals surface area contributed by atoms with Gasteiger partial charge in [-0.25, -0.2) is 0 Å². The first kappa shape index (κ1) is 37.1. The molecule has 65 heavy (non-hydrogen) atoms. The highest BCUT2D eigenvalue weighted by molar-refractivity contribution is 6.15. The van der Waals surface area contributed by atoms with Gasteiger partial charge in [-0.2, -0.15) is 0 Å². The highest BCUT2D eigenvalue weighted by Crippen LogP contribution is 2.57. The van der Waals surface area contributed by atoms with Crippen molar-refractivity contribution >= 4 is 60.5 Å². The lowest BCUT2D eigenvalue weighted by Crippen LogP contribution is -2.28. The Labute approximate surface area is 377 Å². The van der Waals surface area contributed by atoms with Crippen LogP contribution in [0.2, 0.25) is 0 Å². The van der Waals surface area contributed by atoms with E-state index in [2.05, 4.69) is 248 Å². The second-order valence-corrected chi connectivity index (χ2v) is 17.2. The smallest absolute Gasteiger partial charge is 0.143 e. The number of anilines is 3. The largest absolute Gasteiger partial charge is 0.455 e. The second kappa shape index (κ2) is 14.8. The molecule has 2 heteroatoms. The standard InChI is InChI=1S/C63H41NO/c1-3-17-48(18-4-1)63(49-19-5-2-6-20-49)58-24-12-9-22-54(58)55-38-35-51(41-59(55)63)64(50-33-29-43(30-34-50)45-28-27-42-15-7-8-16-44(42)39-45)60-25-13-10-21-52(60)46-31-36-53-47(40-46)32-37-57-56-23-11-14-26-61(56)65-62(53)57/h1-41H. The molecule has 1 heterocycles. The van der Waals surface area contributed by atoms with Crippen molar-refractivity contribution in [3.8, 4) is 33.4 Å². The van der Waals surface area contributed by atoms with Gasteiger partial charge >= 0.3 is 0 Å². The number of benzene rings is 11. The van der Waals surface area contributed by atoms with Gasteiger partial charge in [0.15, 0.2) is 0 Å². The lowest BCUT2D eigenvalue weighted by atomic mass is 9.67. The van der Waals surface area contributed by atoms with Gasteiger partial charge < -0.3 is 9.32 Å². The molecule has 11 aromatic carbocycles. The summed E-state index contributed by atoms with van der Waals surface area (Å²) in [4.78, 5) is 2.45. The van der Waals surface area contributed by atoms with Crippen molar-refractivity contribution < 1.29 is 4.42 Å². The van der Waals surface area contributed by atoms with Gasteiger partial charge in [-0.15, -0.1) is 0 Å². The number of fused-ring (bicyclic) bond motifs is 9. The van der Waals surface area contributed by atoms with E-state index in [1.54, 1.807) is 0 Å². The Hall–Kier alpha value is -8.46. The van der Waals surface area contributed by atoms with Gasteiger partial charge in [-0.1, -0.05) is 188 Å². The van der Waals surface area contributed by atoms with E-state index in [1.807, 2.05) is 6.07 Å². The Balaban J connectivity index is 1.02. The van der Waals surface area contributed by atoms with Crippen LogP contribution >= 0.6 is 0 Å². The van der Waals surface area contributed by atoms with Gasteiger partial charge in [-0.3, -0.25) is 0 Å². The molecule has 0 atom stereocenters. The number of furan rings is 1. The molecule has 1 aromatic heterocycles. The van der Waals surface area contributed by atoms with Gasteiger partial charge in [0.1, 0.15) is 11.2 Å². The van der Waals surface area contributed by atoms with Crippen molar-refractivity contribution in [3.05, 3.63) is 271 Å². The van der Waals surface area contributed by atoms with Crippen LogP contribution in [0.4, 0.5) is 17.1 Å². The topological polar surface area (TPSA) is 16.4 Å². The van der Waals surface area contributed by atoms with Crippen molar-refractivity contribution in [2.45, 2.75) is 5.41 Å². The van der Waals surface area contributed by atoms with Crippen LogP contribution in [-0.4, -0.2) is 0 Å². The van der Waals surface area contributed by atoms with Crippen LogP contribution in [0.5, 0.6) is 0 Å². The van der Waals surface area contributed by atoms with Crippen LogP contribution in [0.15, 0.2) is 253 Å². The number of para-hydroxylation sites is 2. The zero-order valence-electron chi connectivity index (χ0n) is 35.5. The molecule has 0 aliphatic heterocycles. The molecule has 0 amide bonds. The summed E-state index contributed by atoms with van der Waals surface area (Å²) in [6.07, 6.45) is 0. The van der Waals surface area contributed by atoms with E-state index in [-0.39, 0.29) is 0 Å². The summed E-state index contributed by atoms with van der Waals surface area (Å²) in [6, 6.07) is 91.0. The molecule has 1 aliphatic rings. The maximum atomic E-state index is 6.48. The molecule has 304 valence electrons. The molecule has 12 aromatic rings. The van der Waals surface area contributed by atoms with E-state index in [0.717, 1.165) is 60.9 Å². The summed E-state index contributed by atoms with van der Waals surface area (Å²) >= 11 is 0. The van der Waals surface area contributed by atoms with Crippen molar-refractivity contribution in [1.82, 2.24) is 0 Å². The molecule has 1 aliphatic carbocycles. The summed E-state index contributed by atoms with van der Waals surface area (Å²) in [6.45, 7) is 0. The number of rotatable bonds is 7. The lowest BCUT2D eigenvalue weighted by Gasteiger charge is -2.35. The highest BCUT2D eigenvalue weighted by Gasteiger charge is 2.46. The predicted molar refractivity (Wildman–Crippen MR) is 272 cm³/mol. The van der Waals surface area contributed by atoms with Gasteiger partial charge in [0.2, 0.25) is 0 Å². The van der Waals surface area contributed by atoms with E-state index in [9.17, 15) is 0 Å². The Morgan fingerprint density at radius 3 is 1.72 bits per heavy atom. The molecule has 0 N–H and O–H groups in total. The molecule has 0 saturated carbocycles. The third kappa shape index (κ3) is 5.81. The molecule has 0 spiro atoms. The van der Waals surface area contributed by atoms with Crippen molar-refractivity contribution in [1.29, 1.82) is 0 Å². The van der Waals surface area contributed by atoms with Gasteiger partial charge in [0.05, 0.1) is 11.1 Å². The molecule has 0 bridgehead atoms. The van der Waals surface area contributed by atoms with Gasteiger partial charge in [0, 0.05) is 33.1 Å². The third-order valence-corrected chi connectivity index (χ3v) is 13.7. The first-order valence-electron chi connectivity index (χ1n) is 22.4. The normalized spacial score (nSPS) is 12.7. The maximum Gasteiger partial charge on any atom is 0.143 e. The third-order valence-electron chi connectivity index (χ3n) is 13.7.